The maximum Gasteiger partial charge on any atom is 0.254 e. The van der Waals surface area contributed by atoms with E-state index in [0.717, 1.165) is 19.3 Å². The summed E-state index contributed by atoms with van der Waals surface area (Å²) in [4.78, 5) is 12.3. The predicted octanol–water partition coefficient (Wildman–Crippen LogP) is 2.80. The number of carbonyl (C=O) groups excluding carboxylic acids is 1. The predicted molar refractivity (Wildman–Crippen MR) is 80.9 cm³/mol. The minimum absolute atomic E-state index is 0.0775. The number of benzene rings is 1. The summed E-state index contributed by atoms with van der Waals surface area (Å²) in [5.74, 6) is 0.952. The van der Waals surface area contributed by atoms with Crippen LogP contribution in [0.3, 0.4) is 0 Å². The van der Waals surface area contributed by atoms with E-state index in [9.17, 15) is 4.79 Å². The smallest absolute Gasteiger partial charge is 0.254 e. The SMILES string of the molecule is NCc1cc(C(=O)NC2CCCC2c2ccccc2)co1. The van der Waals surface area contributed by atoms with Gasteiger partial charge in [0, 0.05) is 12.0 Å². The lowest BCUT2D eigenvalue weighted by atomic mass is 9.94. The van der Waals surface area contributed by atoms with Crippen LogP contribution in [0, 0.1) is 0 Å². The fraction of sp³-hybridized carbons (Fsp3) is 0.353. The van der Waals surface area contributed by atoms with Crippen LogP contribution in [0.15, 0.2) is 47.1 Å². The summed E-state index contributed by atoms with van der Waals surface area (Å²) in [5.41, 5.74) is 7.35. The Morgan fingerprint density at radius 2 is 2.10 bits per heavy atom. The molecule has 1 aromatic carbocycles. The zero-order valence-electron chi connectivity index (χ0n) is 11.9. The van der Waals surface area contributed by atoms with Crippen molar-refractivity contribution in [1.82, 2.24) is 5.32 Å². The molecule has 1 fully saturated rings. The Kier molecular flexibility index (Phi) is 4.06. The third kappa shape index (κ3) is 3.00. The minimum atomic E-state index is -0.0775. The van der Waals surface area contributed by atoms with E-state index in [1.165, 1.54) is 11.8 Å². The van der Waals surface area contributed by atoms with Crippen LogP contribution in [0.2, 0.25) is 0 Å². The molecule has 0 spiro atoms. The van der Waals surface area contributed by atoms with E-state index in [2.05, 4.69) is 29.6 Å². The van der Waals surface area contributed by atoms with Crippen molar-refractivity contribution in [1.29, 1.82) is 0 Å². The second kappa shape index (κ2) is 6.14. The number of hydrogen-bond donors (Lipinski definition) is 2. The zero-order chi connectivity index (χ0) is 14.7. The fourth-order valence-electron chi connectivity index (χ4n) is 3.09. The first kappa shape index (κ1) is 13.9. The highest BCUT2D eigenvalue weighted by molar-refractivity contribution is 5.94. The first-order valence-corrected chi connectivity index (χ1v) is 7.41. The average Bonchev–Trinajstić information content (AvgIpc) is 3.17. The monoisotopic (exact) mass is 284 g/mol. The lowest BCUT2D eigenvalue weighted by Gasteiger charge is -2.21. The van der Waals surface area contributed by atoms with Crippen LogP contribution in [0.1, 0.15) is 46.9 Å². The molecular formula is C17H20N2O2. The number of carbonyl (C=O) groups is 1. The van der Waals surface area contributed by atoms with Crippen molar-refractivity contribution in [3.05, 3.63) is 59.5 Å². The molecule has 21 heavy (non-hydrogen) atoms. The lowest BCUT2D eigenvalue weighted by molar-refractivity contribution is 0.0934. The van der Waals surface area contributed by atoms with Gasteiger partial charge in [-0.1, -0.05) is 36.8 Å². The highest BCUT2D eigenvalue weighted by Gasteiger charge is 2.30. The standard InChI is InChI=1S/C17H20N2O2/c18-10-14-9-13(11-21-14)17(20)19-16-8-4-7-15(16)12-5-2-1-3-6-12/h1-3,5-6,9,11,15-16H,4,7-8,10,18H2,(H,19,20). The molecule has 1 saturated carbocycles. The molecule has 1 aromatic heterocycles. The van der Waals surface area contributed by atoms with Gasteiger partial charge in [0.05, 0.1) is 12.1 Å². The van der Waals surface area contributed by atoms with E-state index < -0.39 is 0 Å². The van der Waals surface area contributed by atoms with Gasteiger partial charge in [0.2, 0.25) is 0 Å². The third-order valence-electron chi connectivity index (χ3n) is 4.18. The number of nitrogens with one attached hydrogen (secondary N) is 1. The lowest BCUT2D eigenvalue weighted by Crippen LogP contribution is -2.36. The Hall–Kier alpha value is -2.07. The molecule has 2 aromatic rings. The molecule has 4 nitrogen and oxygen atoms in total. The summed E-state index contributed by atoms with van der Waals surface area (Å²) in [7, 11) is 0. The number of furan rings is 1. The zero-order valence-corrected chi connectivity index (χ0v) is 11.9. The van der Waals surface area contributed by atoms with Crippen molar-refractivity contribution in [3.8, 4) is 0 Å². The van der Waals surface area contributed by atoms with Gasteiger partial charge in [-0.3, -0.25) is 4.79 Å². The summed E-state index contributed by atoms with van der Waals surface area (Å²) in [5, 5.41) is 3.14. The Bertz CT molecular complexity index is 606. The number of rotatable bonds is 4. The van der Waals surface area contributed by atoms with Crippen molar-refractivity contribution in [3.63, 3.8) is 0 Å². The van der Waals surface area contributed by atoms with Crippen LogP contribution >= 0.6 is 0 Å². The molecule has 3 rings (SSSR count). The quantitative estimate of drug-likeness (QED) is 0.907. The molecule has 1 aliphatic carbocycles. The van der Waals surface area contributed by atoms with Crippen LogP contribution in [0.4, 0.5) is 0 Å². The van der Waals surface area contributed by atoms with Crippen molar-refractivity contribution >= 4 is 5.91 Å². The maximum absolute atomic E-state index is 12.3. The molecule has 3 N–H and O–H groups in total. The van der Waals surface area contributed by atoms with Gasteiger partial charge in [-0.25, -0.2) is 0 Å². The second-order valence-electron chi connectivity index (χ2n) is 5.53. The molecule has 0 bridgehead atoms. The van der Waals surface area contributed by atoms with Gasteiger partial charge in [-0.2, -0.15) is 0 Å². The van der Waals surface area contributed by atoms with Crippen molar-refractivity contribution in [2.24, 2.45) is 5.73 Å². The first-order chi connectivity index (χ1) is 10.3. The highest BCUT2D eigenvalue weighted by Crippen LogP contribution is 2.34. The van der Waals surface area contributed by atoms with Gasteiger partial charge in [0.15, 0.2) is 0 Å². The van der Waals surface area contributed by atoms with Crippen LogP contribution < -0.4 is 11.1 Å². The van der Waals surface area contributed by atoms with Crippen molar-refractivity contribution in [2.45, 2.75) is 37.8 Å². The summed E-state index contributed by atoms with van der Waals surface area (Å²) in [6.07, 6.45) is 4.76. The Morgan fingerprint density at radius 1 is 1.29 bits per heavy atom. The molecule has 2 atom stereocenters. The van der Waals surface area contributed by atoms with Gasteiger partial charge in [-0.05, 0) is 24.5 Å². The van der Waals surface area contributed by atoms with Gasteiger partial charge < -0.3 is 15.5 Å². The minimum Gasteiger partial charge on any atom is -0.467 e. The van der Waals surface area contributed by atoms with Crippen LogP contribution in [0.5, 0.6) is 0 Å². The number of amides is 1. The van der Waals surface area contributed by atoms with Gasteiger partial charge in [0.1, 0.15) is 12.0 Å². The average molecular weight is 284 g/mol. The summed E-state index contributed by atoms with van der Waals surface area (Å²) in [6, 6.07) is 12.3. The van der Waals surface area contributed by atoms with Gasteiger partial charge in [-0.15, -0.1) is 0 Å². The van der Waals surface area contributed by atoms with Crippen LogP contribution in [0.25, 0.3) is 0 Å². The van der Waals surface area contributed by atoms with E-state index in [1.807, 2.05) is 6.07 Å². The molecule has 4 heteroatoms. The molecule has 0 saturated heterocycles. The third-order valence-corrected chi connectivity index (χ3v) is 4.18. The number of nitrogens with two attached hydrogens (primary N) is 1. The molecule has 2 unspecified atom stereocenters. The fourth-order valence-corrected chi connectivity index (χ4v) is 3.09. The molecule has 110 valence electrons. The molecular weight excluding hydrogens is 264 g/mol. The van der Waals surface area contributed by atoms with E-state index in [1.54, 1.807) is 6.07 Å². The number of hydrogen-bond acceptors (Lipinski definition) is 3. The maximum atomic E-state index is 12.3. The largest absolute Gasteiger partial charge is 0.467 e. The summed E-state index contributed by atoms with van der Waals surface area (Å²) in [6.45, 7) is 0.309. The summed E-state index contributed by atoms with van der Waals surface area (Å²) >= 11 is 0. The molecule has 0 aliphatic heterocycles. The van der Waals surface area contributed by atoms with E-state index in [4.69, 9.17) is 10.2 Å². The Morgan fingerprint density at radius 3 is 2.81 bits per heavy atom. The van der Waals surface area contributed by atoms with Gasteiger partial charge >= 0.3 is 0 Å². The van der Waals surface area contributed by atoms with Crippen molar-refractivity contribution in [2.75, 3.05) is 0 Å². The van der Waals surface area contributed by atoms with E-state index >= 15 is 0 Å². The molecule has 0 radical (unpaired) electrons. The van der Waals surface area contributed by atoms with Gasteiger partial charge in [0.25, 0.3) is 5.91 Å². The normalized spacial score (nSPS) is 21.4. The topological polar surface area (TPSA) is 68.3 Å². The van der Waals surface area contributed by atoms with E-state index in [0.29, 0.717) is 23.8 Å². The second-order valence-corrected chi connectivity index (χ2v) is 5.53. The Labute approximate surface area is 124 Å². The van der Waals surface area contributed by atoms with Crippen LogP contribution in [-0.2, 0) is 6.54 Å². The van der Waals surface area contributed by atoms with Crippen molar-refractivity contribution < 1.29 is 9.21 Å². The molecule has 1 amide bonds. The highest BCUT2D eigenvalue weighted by atomic mass is 16.3. The molecule has 1 heterocycles. The summed E-state index contributed by atoms with van der Waals surface area (Å²) < 4.78 is 5.23. The van der Waals surface area contributed by atoms with E-state index in [-0.39, 0.29) is 11.9 Å². The van der Waals surface area contributed by atoms with Crippen LogP contribution in [-0.4, -0.2) is 11.9 Å². The Balaban J connectivity index is 1.70. The first-order valence-electron chi connectivity index (χ1n) is 7.41. The molecule has 1 aliphatic rings.